The van der Waals surface area contributed by atoms with Crippen molar-refractivity contribution in [3.63, 3.8) is 0 Å². The van der Waals surface area contributed by atoms with Crippen LogP contribution in [0.4, 0.5) is 0 Å². The maximum absolute atomic E-state index is 9.85. The molecule has 2 atom stereocenters. The summed E-state index contributed by atoms with van der Waals surface area (Å²) in [4.78, 5) is 0. The summed E-state index contributed by atoms with van der Waals surface area (Å²) in [5, 5.41) is 9.85. The van der Waals surface area contributed by atoms with Crippen molar-refractivity contribution in [3.05, 3.63) is 0 Å². The van der Waals surface area contributed by atoms with Gasteiger partial charge >= 0.3 is 0 Å². The molecule has 12 heavy (non-hydrogen) atoms. The number of ether oxygens (including phenoxy) is 1. The molecule has 1 N–H and O–H groups in total. The molecule has 0 aromatic heterocycles. The summed E-state index contributed by atoms with van der Waals surface area (Å²) in [6, 6.07) is 0. The Bertz CT molecular complexity index is 137. The lowest BCUT2D eigenvalue weighted by Gasteiger charge is -2.32. The molecule has 0 amide bonds. The van der Waals surface area contributed by atoms with E-state index in [1.54, 1.807) is 7.11 Å². The van der Waals surface area contributed by atoms with Crippen LogP contribution in [0.1, 0.15) is 39.5 Å². The standard InChI is InChI=1S/C10H20O2/c1-4-10(2,12-3)9(11)7-8-5-6-8/h8-9,11H,4-7H2,1-3H3. The van der Waals surface area contributed by atoms with Crippen LogP contribution >= 0.6 is 0 Å². The topological polar surface area (TPSA) is 29.5 Å². The van der Waals surface area contributed by atoms with E-state index in [1.165, 1.54) is 12.8 Å². The lowest BCUT2D eigenvalue weighted by molar-refractivity contribution is -0.0965. The van der Waals surface area contributed by atoms with E-state index in [4.69, 9.17) is 4.74 Å². The van der Waals surface area contributed by atoms with Crippen molar-refractivity contribution in [1.29, 1.82) is 0 Å². The summed E-state index contributed by atoms with van der Waals surface area (Å²) in [6.07, 6.45) is 4.08. The number of hydrogen-bond acceptors (Lipinski definition) is 2. The zero-order chi connectivity index (χ0) is 9.19. The van der Waals surface area contributed by atoms with Crippen LogP contribution < -0.4 is 0 Å². The van der Waals surface area contributed by atoms with Gasteiger partial charge in [-0.15, -0.1) is 0 Å². The predicted octanol–water partition coefficient (Wildman–Crippen LogP) is 1.96. The summed E-state index contributed by atoms with van der Waals surface area (Å²) in [5.41, 5.74) is -0.331. The summed E-state index contributed by atoms with van der Waals surface area (Å²) >= 11 is 0. The predicted molar refractivity (Wildman–Crippen MR) is 49.1 cm³/mol. The summed E-state index contributed by atoms with van der Waals surface area (Å²) < 4.78 is 5.33. The van der Waals surface area contributed by atoms with Crippen LogP contribution in [0, 0.1) is 5.92 Å². The van der Waals surface area contributed by atoms with Gasteiger partial charge in [-0.3, -0.25) is 0 Å². The van der Waals surface area contributed by atoms with Crippen LogP contribution in [0.5, 0.6) is 0 Å². The molecule has 1 fully saturated rings. The van der Waals surface area contributed by atoms with Gasteiger partial charge < -0.3 is 9.84 Å². The molecule has 72 valence electrons. The quantitative estimate of drug-likeness (QED) is 0.687. The van der Waals surface area contributed by atoms with Gasteiger partial charge in [0.25, 0.3) is 0 Å². The Balaban J connectivity index is 2.39. The molecule has 2 heteroatoms. The van der Waals surface area contributed by atoms with Gasteiger partial charge in [0.05, 0.1) is 11.7 Å². The van der Waals surface area contributed by atoms with E-state index in [0.717, 1.165) is 18.8 Å². The molecule has 0 heterocycles. The summed E-state index contributed by atoms with van der Waals surface area (Å²) in [5.74, 6) is 0.765. The molecule has 2 unspecified atom stereocenters. The van der Waals surface area contributed by atoms with Crippen molar-refractivity contribution >= 4 is 0 Å². The van der Waals surface area contributed by atoms with Crippen molar-refractivity contribution in [2.24, 2.45) is 5.92 Å². The Kier molecular flexibility index (Phi) is 3.13. The van der Waals surface area contributed by atoms with E-state index in [2.05, 4.69) is 6.92 Å². The largest absolute Gasteiger partial charge is 0.390 e. The minimum absolute atomic E-state index is 0.292. The van der Waals surface area contributed by atoms with Crippen molar-refractivity contribution in [2.45, 2.75) is 51.2 Å². The first-order chi connectivity index (χ1) is 5.62. The van der Waals surface area contributed by atoms with Gasteiger partial charge in [0, 0.05) is 7.11 Å². The maximum atomic E-state index is 9.85. The Hall–Kier alpha value is -0.0800. The first kappa shape index (κ1) is 10.0. The molecule has 0 spiro atoms. The molecule has 1 aliphatic rings. The van der Waals surface area contributed by atoms with E-state index in [9.17, 15) is 5.11 Å². The Morgan fingerprint density at radius 1 is 1.58 bits per heavy atom. The Morgan fingerprint density at radius 2 is 2.17 bits per heavy atom. The first-order valence-electron chi connectivity index (χ1n) is 4.85. The van der Waals surface area contributed by atoms with Crippen LogP contribution in [-0.2, 0) is 4.74 Å². The number of methoxy groups -OCH3 is 1. The number of hydrogen-bond donors (Lipinski definition) is 1. The van der Waals surface area contributed by atoms with Crippen molar-refractivity contribution in [3.8, 4) is 0 Å². The van der Waals surface area contributed by atoms with Gasteiger partial charge in [-0.25, -0.2) is 0 Å². The zero-order valence-corrected chi connectivity index (χ0v) is 8.34. The number of aliphatic hydroxyl groups is 1. The molecule has 2 nitrogen and oxygen atoms in total. The van der Waals surface area contributed by atoms with Crippen molar-refractivity contribution in [2.75, 3.05) is 7.11 Å². The monoisotopic (exact) mass is 172 g/mol. The van der Waals surface area contributed by atoms with E-state index in [-0.39, 0.29) is 11.7 Å². The maximum Gasteiger partial charge on any atom is 0.0905 e. The van der Waals surface area contributed by atoms with Crippen molar-refractivity contribution in [1.82, 2.24) is 0 Å². The fourth-order valence-corrected chi connectivity index (χ4v) is 1.43. The number of aliphatic hydroxyl groups excluding tert-OH is 1. The molecule has 1 saturated carbocycles. The van der Waals surface area contributed by atoms with Gasteiger partial charge in [-0.2, -0.15) is 0 Å². The van der Waals surface area contributed by atoms with Crippen LogP contribution in [0.25, 0.3) is 0 Å². The first-order valence-corrected chi connectivity index (χ1v) is 4.85. The molecule has 0 aliphatic heterocycles. The van der Waals surface area contributed by atoms with E-state index in [1.807, 2.05) is 6.92 Å². The molecule has 0 aromatic carbocycles. The second kappa shape index (κ2) is 3.75. The zero-order valence-electron chi connectivity index (χ0n) is 8.34. The molecule has 1 rings (SSSR count). The van der Waals surface area contributed by atoms with Crippen LogP contribution in [0.3, 0.4) is 0 Å². The molecular weight excluding hydrogens is 152 g/mol. The molecule has 0 bridgehead atoms. The van der Waals surface area contributed by atoms with Gasteiger partial charge in [0.15, 0.2) is 0 Å². The Morgan fingerprint density at radius 3 is 2.50 bits per heavy atom. The third kappa shape index (κ3) is 2.20. The second-order valence-corrected chi connectivity index (χ2v) is 4.07. The van der Waals surface area contributed by atoms with Crippen LogP contribution in [-0.4, -0.2) is 23.9 Å². The summed E-state index contributed by atoms with van der Waals surface area (Å²) in [7, 11) is 1.68. The molecule has 0 saturated heterocycles. The van der Waals surface area contributed by atoms with E-state index >= 15 is 0 Å². The summed E-state index contributed by atoms with van der Waals surface area (Å²) in [6.45, 7) is 4.04. The lowest BCUT2D eigenvalue weighted by atomic mass is 9.92. The molecular formula is C10H20O2. The van der Waals surface area contributed by atoms with Gasteiger partial charge in [0.1, 0.15) is 0 Å². The van der Waals surface area contributed by atoms with Gasteiger partial charge in [0.2, 0.25) is 0 Å². The highest BCUT2D eigenvalue weighted by Gasteiger charge is 2.35. The molecule has 0 aromatic rings. The third-order valence-electron chi connectivity index (χ3n) is 3.13. The highest BCUT2D eigenvalue weighted by Crippen LogP contribution is 2.36. The highest BCUT2D eigenvalue weighted by molar-refractivity contribution is 4.87. The average molecular weight is 172 g/mol. The normalized spacial score (nSPS) is 25.0. The highest BCUT2D eigenvalue weighted by atomic mass is 16.5. The second-order valence-electron chi connectivity index (χ2n) is 4.07. The fourth-order valence-electron chi connectivity index (χ4n) is 1.43. The smallest absolute Gasteiger partial charge is 0.0905 e. The van der Waals surface area contributed by atoms with Crippen LogP contribution in [0.2, 0.25) is 0 Å². The molecule has 0 radical (unpaired) electrons. The fraction of sp³-hybridized carbons (Fsp3) is 1.00. The minimum Gasteiger partial charge on any atom is -0.390 e. The third-order valence-corrected chi connectivity index (χ3v) is 3.13. The van der Waals surface area contributed by atoms with E-state index < -0.39 is 0 Å². The average Bonchev–Trinajstić information content (AvgIpc) is 2.86. The minimum atomic E-state index is -0.331. The molecule has 1 aliphatic carbocycles. The Labute approximate surface area is 74.9 Å². The van der Waals surface area contributed by atoms with Crippen LogP contribution in [0.15, 0.2) is 0 Å². The number of rotatable bonds is 5. The van der Waals surface area contributed by atoms with Crippen molar-refractivity contribution < 1.29 is 9.84 Å². The van der Waals surface area contributed by atoms with Gasteiger partial charge in [-0.05, 0) is 25.7 Å². The van der Waals surface area contributed by atoms with E-state index in [0.29, 0.717) is 0 Å². The SMILES string of the molecule is CCC(C)(OC)C(O)CC1CC1. The lowest BCUT2D eigenvalue weighted by Crippen LogP contribution is -2.40. The van der Waals surface area contributed by atoms with Gasteiger partial charge in [-0.1, -0.05) is 19.8 Å².